The first-order valence-corrected chi connectivity index (χ1v) is 14.4. The summed E-state index contributed by atoms with van der Waals surface area (Å²) in [5, 5.41) is 3.51. The summed E-state index contributed by atoms with van der Waals surface area (Å²) < 4.78 is 2.47. The molecule has 1 unspecified atom stereocenters. The molecule has 3 aromatic rings. The van der Waals surface area contributed by atoms with Gasteiger partial charge in [-0.25, -0.2) is 4.98 Å². The maximum absolute atomic E-state index is 5.29. The summed E-state index contributed by atoms with van der Waals surface area (Å²) >= 11 is 0. The van der Waals surface area contributed by atoms with E-state index in [1.807, 2.05) is 0 Å². The average Bonchev–Trinajstić information content (AvgIpc) is 3.30. The minimum atomic E-state index is 0.134. The molecule has 6 heteroatoms. The first-order valence-electron chi connectivity index (χ1n) is 14.4. The van der Waals surface area contributed by atoms with Gasteiger partial charge in [-0.3, -0.25) is 14.7 Å². The smallest absolute Gasteiger partial charge is 0.127 e. The highest BCUT2D eigenvalue weighted by Gasteiger charge is 2.38. The Balaban J connectivity index is 1.34. The maximum Gasteiger partial charge on any atom is 0.127 e. The molecule has 1 N–H and O–H groups in total. The predicted octanol–water partition coefficient (Wildman–Crippen LogP) is 4.86. The van der Waals surface area contributed by atoms with Gasteiger partial charge in [-0.15, -0.1) is 0 Å². The van der Waals surface area contributed by atoms with E-state index < -0.39 is 0 Å². The van der Waals surface area contributed by atoms with Gasteiger partial charge in [-0.2, -0.15) is 0 Å². The summed E-state index contributed by atoms with van der Waals surface area (Å²) in [6.07, 6.45) is 4.66. The molecule has 200 valence electrons. The number of nitrogens with one attached hydrogen (secondary N) is 1. The van der Waals surface area contributed by atoms with Crippen LogP contribution in [0.15, 0.2) is 48.5 Å². The third kappa shape index (κ3) is 5.35. The van der Waals surface area contributed by atoms with Crippen molar-refractivity contribution in [3.8, 4) is 0 Å². The molecule has 1 atom stereocenters. The number of piperidine rings is 1. The Bertz CT molecular complexity index is 1140. The summed E-state index contributed by atoms with van der Waals surface area (Å²) in [4.78, 5) is 13.0. The van der Waals surface area contributed by atoms with Crippen molar-refractivity contribution >= 4 is 11.0 Å². The maximum atomic E-state index is 5.29. The standard InChI is InChI=1S/C31H46N6/c1-5-10-29(36-21-17-32-18-22-36)30-33-27-23-25(13-14-28(27)37(30)6-2)24-35-19-15-31(16-20-35,34(3)4)26-11-8-7-9-12-26/h7-9,11-14,23,29,32H,5-6,10,15-22,24H2,1-4H3. The molecule has 3 heterocycles. The van der Waals surface area contributed by atoms with Crippen molar-refractivity contribution in [1.29, 1.82) is 0 Å². The molecule has 5 rings (SSSR count). The second-order valence-corrected chi connectivity index (χ2v) is 11.2. The number of likely N-dealkylation sites (tertiary alicyclic amines) is 1. The first kappa shape index (κ1) is 26.4. The van der Waals surface area contributed by atoms with Crippen LogP contribution in [0.2, 0.25) is 0 Å². The molecule has 0 saturated carbocycles. The highest BCUT2D eigenvalue weighted by atomic mass is 15.2. The van der Waals surface area contributed by atoms with Crippen molar-refractivity contribution in [2.45, 2.75) is 64.2 Å². The van der Waals surface area contributed by atoms with Crippen LogP contribution >= 0.6 is 0 Å². The van der Waals surface area contributed by atoms with Crippen LogP contribution in [-0.4, -0.2) is 77.6 Å². The molecule has 1 aromatic heterocycles. The number of piperazine rings is 1. The van der Waals surface area contributed by atoms with Crippen molar-refractivity contribution in [3.05, 3.63) is 65.5 Å². The van der Waals surface area contributed by atoms with Gasteiger partial charge >= 0.3 is 0 Å². The lowest BCUT2D eigenvalue weighted by Gasteiger charge is -2.46. The van der Waals surface area contributed by atoms with E-state index in [2.05, 4.69) is 101 Å². The number of imidazole rings is 1. The fraction of sp³-hybridized carbons (Fsp3) is 0.581. The van der Waals surface area contributed by atoms with E-state index in [1.165, 1.54) is 35.3 Å². The molecule has 0 amide bonds. The van der Waals surface area contributed by atoms with Crippen LogP contribution in [0.5, 0.6) is 0 Å². The number of hydrogen-bond donors (Lipinski definition) is 1. The van der Waals surface area contributed by atoms with Crippen LogP contribution < -0.4 is 5.32 Å². The lowest BCUT2D eigenvalue weighted by Crippen LogP contribution is -2.50. The average molecular weight is 503 g/mol. The van der Waals surface area contributed by atoms with Gasteiger partial charge in [0.2, 0.25) is 0 Å². The number of rotatable bonds is 9. The quantitative estimate of drug-likeness (QED) is 0.453. The molecular weight excluding hydrogens is 456 g/mol. The number of aromatic nitrogens is 2. The van der Waals surface area contributed by atoms with Crippen molar-refractivity contribution in [2.24, 2.45) is 0 Å². The number of nitrogens with zero attached hydrogens (tertiary/aromatic N) is 5. The Labute approximate surface area is 223 Å². The van der Waals surface area contributed by atoms with Crippen LogP contribution in [0.4, 0.5) is 0 Å². The summed E-state index contributed by atoms with van der Waals surface area (Å²) in [5.41, 5.74) is 5.41. The minimum Gasteiger partial charge on any atom is -0.327 e. The molecule has 0 bridgehead atoms. The van der Waals surface area contributed by atoms with Crippen LogP contribution in [0.25, 0.3) is 11.0 Å². The molecule has 2 aliphatic rings. The minimum absolute atomic E-state index is 0.134. The fourth-order valence-electron chi connectivity index (χ4n) is 6.70. The second kappa shape index (κ2) is 11.6. The van der Waals surface area contributed by atoms with Gasteiger partial charge < -0.3 is 9.88 Å². The third-order valence-electron chi connectivity index (χ3n) is 8.87. The second-order valence-electron chi connectivity index (χ2n) is 11.2. The SMILES string of the molecule is CCCC(c1nc2cc(CN3CCC(c4ccccc4)(N(C)C)CC3)ccc2n1CC)N1CCNCC1. The van der Waals surface area contributed by atoms with Gasteiger partial charge in [0, 0.05) is 57.9 Å². The molecule has 37 heavy (non-hydrogen) atoms. The largest absolute Gasteiger partial charge is 0.327 e. The van der Waals surface area contributed by atoms with E-state index in [1.54, 1.807) is 0 Å². The Morgan fingerprint density at radius 2 is 1.70 bits per heavy atom. The molecule has 2 aromatic carbocycles. The predicted molar refractivity (Wildman–Crippen MR) is 154 cm³/mol. The van der Waals surface area contributed by atoms with Crippen molar-refractivity contribution < 1.29 is 0 Å². The van der Waals surface area contributed by atoms with E-state index in [-0.39, 0.29) is 5.54 Å². The lowest BCUT2D eigenvalue weighted by molar-refractivity contribution is 0.0507. The first-order chi connectivity index (χ1) is 18.1. The molecule has 0 aliphatic carbocycles. The molecule has 2 fully saturated rings. The number of aryl methyl sites for hydroxylation is 1. The highest BCUT2D eigenvalue weighted by Crippen LogP contribution is 2.38. The molecule has 2 aliphatic heterocycles. The topological polar surface area (TPSA) is 39.6 Å². The third-order valence-corrected chi connectivity index (χ3v) is 8.87. The van der Waals surface area contributed by atoms with E-state index in [4.69, 9.17) is 4.98 Å². The normalized spacial score (nSPS) is 20.0. The zero-order chi connectivity index (χ0) is 25.8. The van der Waals surface area contributed by atoms with Crippen molar-refractivity contribution in [3.63, 3.8) is 0 Å². The van der Waals surface area contributed by atoms with Crippen molar-refractivity contribution in [2.75, 3.05) is 53.4 Å². The van der Waals surface area contributed by atoms with Gasteiger partial charge in [0.05, 0.1) is 17.1 Å². The van der Waals surface area contributed by atoms with Gasteiger partial charge in [-0.1, -0.05) is 49.7 Å². The Kier molecular flexibility index (Phi) is 8.30. The van der Waals surface area contributed by atoms with Gasteiger partial charge in [-0.05, 0) is 63.5 Å². The highest BCUT2D eigenvalue weighted by molar-refractivity contribution is 5.77. The molecule has 0 radical (unpaired) electrons. The fourth-order valence-corrected chi connectivity index (χ4v) is 6.70. The zero-order valence-corrected chi connectivity index (χ0v) is 23.4. The van der Waals surface area contributed by atoms with E-state index in [0.29, 0.717) is 6.04 Å². The molecule has 0 spiro atoms. The Morgan fingerprint density at radius 1 is 0.973 bits per heavy atom. The number of fused-ring (bicyclic) bond motifs is 1. The number of hydrogen-bond acceptors (Lipinski definition) is 5. The zero-order valence-electron chi connectivity index (χ0n) is 23.4. The van der Waals surface area contributed by atoms with E-state index in [9.17, 15) is 0 Å². The molecular formula is C31H46N6. The monoisotopic (exact) mass is 502 g/mol. The Hall–Kier alpha value is -2.25. The summed E-state index contributed by atoms with van der Waals surface area (Å²) in [6, 6.07) is 18.5. The van der Waals surface area contributed by atoms with Gasteiger partial charge in [0.15, 0.2) is 0 Å². The Morgan fingerprint density at radius 3 is 2.35 bits per heavy atom. The van der Waals surface area contributed by atoms with Crippen molar-refractivity contribution in [1.82, 2.24) is 29.6 Å². The van der Waals surface area contributed by atoms with Crippen LogP contribution in [0.1, 0.15) is 62.5 Å². The van der Waals surface area contributed by atoms with Crippen LogP contribution in [-0.2, 0) is 18.6 Å². The van der Waals surface area contributed by atoms with Crippen LogP contribution in [0.3, 0.4) is 0 Å². The lowest BCUT2D eigenvalue weighted by atomic mass is 9.79. The van der Waals surface area contributed by atoms with E-state index >= 15 is 0 Å². The summed E-state index contributed by atoms with van der Waals surface area (Å²) in [5.74, 6) is 1.26. The summed E-state index contributed by atoms with van der Waals surface area (Å²) in [7, 11) is 4.48. The number of benzene rings is 2. The molecule has 2 saturated heterocycles. The van der Waals surface area contributed by atoms with E-state index in [0.717, 1.165) is 70.7 Å². The molecule has 6 nitrogen and oxygen atoms in total. The summed E-state index contributed by atoms with van der Waals surface area (Å²) in [6.45, 7) is 13.1. The van der Waals surface area contributed by atoms with Gasteiger partial charge in [0.25, 0.3) is 0 Å². The van der Waals surface area contributed by atoms with Crippen LogP contribution in [0, 0.1) is 0 Å². The van der Waals surface area contributed by atoms with Gasteiger partial charge in [0.1, 0.15) is 5.82 Å².